The molecule has 0 aliphatic heterocycles. The third-order valence-corrected chi connectivity index (χ3v) is 2.85. The van der Waals surface area contributed by atoms with Crippen molar-refractivity contribution in [2.45, 2.75) is 13.8 Å². The quantitative estimate of drug-likeness (QED) is 0.913. The van der Waals surface area contributed by atoms with E-state index in [1.54, 1.807) is 18.2 Å². The van der Waals surface area contributed by atoms with Gasteiger partial charge in [0.2, 0.25) is 5.91 Å². The summed E-state index contributed by atoms with van der Waals surface area (Å²) in [5, 5.41) is 5.60. The van der Waals surface area contributed by atoms with Gasteiger partial charge in [0.25, 0.3) is 5.91 Å². The highest BCUT2D eigenvalue weighted by atomic mass is 35.5. The van der Waals surface area contributed by atoms with Crippen molar-refractivity contribution in [1.82, 2.24) is 9.97 Å². The van der Waals surface area contributed by atoms with Crippen molar-refractivity contribution in [3.05, 3.63) is 47.0 Å². The van der Waals surface area contributed by atoms with Crippen molar-refractivity contribution in [2.75, 3.05) is 10.6 Å². The van der Waals surface area contributed by atoms with E-state index in [4.69, 9.17) is 11.6 Å². The Morgan fingerprint density at radius 1 is 1.14 bits per heavy atom. The molecule has 0 bridgehead atoms. The second kappa shape index (κ2) is 6.32. The van der Waals surface area contributed by atoms with Crippen LogP contribution in [0.4, 0.5) is 11.4 Å². The second-order valence-electron chi connectivity index (χ2n) is 4.39. The monoisotopic (exact) mass is 304 g/mol. The first-order valence-corrected chi connectivity index (χ1v) is 6.50. The minimum absolute atomic E-state index is 0.154. The van der Waals surface area contributed by atoms with E-state index in [2.05, 4.69) is 20.6 Å². The molecule has 1 aromatic carbocycles. The Bertz CT molecular complexity index is 686. The molecule has 0 aliphatic carbocycles. The molecule has 2 aromatic rings. The number of benzene rings is 1. The standard InChI is InChI=1S/C14H13ClN4O2/c1-8-3-4-10(5-11(8)18-9(2)20)19-14(21)12-6-17-13(15)7-16-12/h3-7H,1-2H3,(H,18,20)(H,19,21). The smallest absolute Gasteiger partial charge is 0.275 e. The van der Waals surface area contributed by atoms with Crippen LogP contribution in [0.2, 0.25) is 5.15 Å². The molecule has 1 aromatic heterocycles. The third kappa shape index (κ3) is 4.00. The second-order valence-corrected chi connectivity index (χ2v) is 4.78. The van der Waals surface area contributed by atoms with Gasteiger partial charge in [0, 0.05) is 18.3 Å². The zero-order valence-corrected chi connectivity index (χ0v) is 12.2. The maximum Gasteiger partial charge on any atom is 0.275 e. The number of nitrogens with zero attached hydrogens (tertiary/aromatic N) is 2. The van der Waals surface area contributed by atoms with Gasteiger partial charge in [-0.05, 0) is 24.6 Å². The Morgan fingerprint density at radius 2 is 1.90 bits per heavy atom. The lowest BCUT2D eigenvalue weighted by Crippen LogP contribution is -2.14. The molecule has 21 heavy (non-hydrogen) atoms. The Kier molecular flexibility index (Phi) is 4.49. The number of hydrogen-bond donors (Lipinski definition) is 2. The van der Waals surface area contributed by atoms with Gasteiger partial charge in [-0.1, -0.05) is 17.7 Å². The van der Waals surface area contributed by atoms with Crippen molar-refractivity contribution < 1.29 is 9.59 Å². The Labute approximate surface area is 126 Å². The molecule has 108 valence electrons. The number of aromatic nitrogens is 2. The summed E-state index contributed by atoms with van der Waals surface area (Å²) in [6, 6.07) is 5.22. The van der Waals surface area contributed by atoms with Gasteiger partial charge in [-0.3, -0.25) is 9.59 Å². The molecule has 0 fully saturated rings. The average Bonchev–Trinajstić information content (AvgIpc) is 2.42. The van der Waals surface area contributed by atoms with Crippen LogP contribution in [0.5, 0.6) is 0 Å². The van der Waals surface area contributed by atoms with Crippen LogP contribution in [0.3, 0.4) is 0 Å². The fourth-order valence-corrected chi connectivity index (χ4v) is 1.75. The van der Waals surface area contributed by atoms with Crippen LogP contribution in [0.1, 0.15) is 23.0 Å². The number of amides is 2. The SMILES string of the molecule is CC(=O)Nc1cc(NC(=O)c2cnc(Cl)cn2)ccc1C. The first kappa shape index (κ1) is 14.9. The number of rotatable bonds is 3. The molecule has 0 unspecified atom stereocenters. The predicted octanol–water partition coefficient (Wildman–Crippen LogP) is 2.65. The molecule has 0 radical (unpaired) electrons. The Morgan fingerprint density at radius 3 is 2.52 bits per heavy atom. The summed E-state index contributed by atoms with van der Waals surface area (Å²) in [6.45, 7) is 3.29. The van der Waals surface area contributed by atoms with E-state index >= 15 is 0 Å². The first-order chi connectivity index (χ1) is 9.95. The highest BCUT2D eigenvalue weighted by molar-refractivity contribution is 6.29. The number of carbonyl (C=O) groups excluding carboxylic acids is 2. The summed E-state index contributed by atoms with van der Waals surface area (Å²) in [5.74, 6) is -0.582. The van der Waals surface area contributed by atoms with Gasteiger partial charge in [0.1, 0.15) is 10.8 Å². The minimum Gasteiger partial charge on any atom is -0.326 e. The number of nitrogens with one attached hydrogen (secondary N) is 2. The maximum absolute atomic E-state index is 12.0. The van der Waals surface area contributed by atoms with E-state index in [1.165, 1.54) is 19.3 Å². The van der Waals surface area contributed by atoms with Gasteiger partial charge in [-0.25, -0.2) is 9.97 Å². The molecule has 0 spiro atoms. The highest BCUT2D eigenvalue weighted by Gasteiger charge is 2.09. The molecule has 0 atom stereocenters. The van der Waals surface area contributed by atoms with Gasteiger partial charge in [0.05, 0.1) is 12.4 Å². The van der Waals surface area contributed by atoms with Gasteiger partial charge in [-0.15, -0.1) is 0 Å². The first-order valence-electron chi connectivity index (χ1n) is 6.13. The number of anilines is 2. The third-order valence-electron chi connectivity index (χ3n) is 2.66. The molecule has 0 aliphatic rings. The topological polar surface area (TPSA) is 84.0 Å². The zero-order valence-electron chi connectivity index (χ0n) is 11.5. The lowest BCUT2D eigenvalue weighted by molar-refractivity contribution is -0.114. The summed E-state index contributed by atoms with van der Waals surface area (Å²) in [7, 11) is 0. The van der Waals surface area contributed by atoms with Crippen LogP contribution in [0, 0.1) is 6.92 Å². The lowest BCUT2D eigenvalue weighted by Gasteiger charge is -2.10. The van der Waals surface area contributed by atoms with Crippen LogP contribution in [0.25, 0.3) is 0 Å². The number of aryl methyl sites for hydroxylation is 1. The largest absolute Gasteiger partial charge is 0.326 e. The van der Waals surface area contributed by atoms with E-state index in [0.717, 1.165) is 5.56 Å². The van der Waals surface area contributed by atoms with Gasteiger partial charge in [0.15, 0.2) is 0 Å². The van der Waals surface area contributed by atoms with Crippen molar-refractivity contribution in [2.24, 2.45) is 0 Å². The van der Waals surface area contributed by atoms with E-state index in [1.807, 2.05) is 6.92 Å². The van der Waals surface area contributed by atoms with Crippen LogP contribution in [-0.4, -0.2) is 21.8 Å². The van der Waals surface area contributed by atoms with Crippen LogP contribution < -0.4 is 10.6 Å². The van der Waals surface area contributed by atoms with Gasteiger partial charge in [-0.2, -0.15) is 0 Å². The minimum atomic E-state index is -0.406. The number of carbonyl (C=O) groups is 2. The van der Waals surface area contributed by atoms with Crippen LogP contribution in [-0.2, 0) is 4.79 Å². The normalized spacial score (nSPS) is 10.0. The Balaban J connectivity index is 2.17. The fourth-order valence-electron chi connectivity index (χ4n) is 1.65. The average molecular weight is 305 g/mol. The fraction of sp³-hybridized carbons (Fsp3) is 0.143. The van der Waals surface area contributed by atoms with Crippen LogP contribution >= 0.6 is 11.6 Å². The molecule has 2 N–H and O–H groups in total. The maximum atomic E-state index is 12.0. The Hall–Kier alpha value is -2.47. The number of halogens is 1. The van der Waals surface area contributed by atoms with E-state index < -0.39 is 5.91 Å². The molecule has 0 saturated heterocycles. The molecule has 2 amide bonds. The predicted molar refractivity (Wildman–Crippen MR) is 80.5 cm³/mol. The summed E-state index contributed by atoms with van der Waals surface area (Å²) in [4.78, 5) is 30.8. The van der Waals surface area contributed by atoms with E-state index in [0.29, 0.717) is 11.4 Å². The molecule has 7 heteroatoms. The van der Waals surface area contributed by atoms with Gasteiger partial charge >= 0.3 is 0 Å². The number of hydrogen-bond acceptors (Lipinski definition) is 4. The summed E-state index contributed by atoms with van der Waals surface area (Å²) in [5.41, 5.74) is 2.24. The summed E-state index contributed by atoms with van der Waals surface area (Å²) < 4.78 is 0. The molecular weight excluding hydrogens is 292 g/mol. The molecule has 6 nitrogen and oxygen atoms in total. The van der Waals surface area contributed by atoms with Crippen molar-refractivity contribution in [3.63, 3.8) is 0 Å². The summed E-state index contributed by atoms with van der Waals surface area (Å²) >= 11 is 5.62. The van der Waals surface area contributed by atoms with E-state index in [9.17, 15) is 9.59 Å². The molecular formula is C14H13ClN4O2. The van der Waals surface area contributed by atoms with Crippen molar-refractivity contribution in [3.8, 4) is 0 Å². The zero-order chi connectivity index (χ0) is 15.4. The van der Waals surface area contributed by atoms with Crippen LogP contribution in [0.15, 0.2) is 30.6 Å². The van der Waals surface area contributed by atoms with Crippen molar-refractivity contribution >= 4 is 34.8 Å². The summed E-state index contributed by atoms with van der Waals surface area (Å²) in [6.07, 6.45) is 2.59. The van der Waals surface area contributed by atoms with E-state index in [-0.39, 0.29) is 16.8 Å². The van der Waals surface area contributed by atoms with Crippen molar-refractivity contribution in [1.29, 1.82) is 0 Å². The molecule has 2 rings (SSSR count). The lowest BCUT2D eigenvalue weighted by atomic mass is 10.1. The molecule has 0 saturated carbocycles. The van der Waals surface area contributed by atoms with Gasteiger partial charge < -0.3 is 10.6 Å². The highest BCUT2D eigenvalue weighted by Crippen LogP contribution is 2.20. The molecule has 1 heterocycles.